The predicted octanol–water partition coefficient (Wildman–Crippen LogP) is 0.991. The van der Waals surface area contributed by atoms with Crippen molar-refractivity contribution in [1.29, 1.82) is 0 Å². The average molecular weight is 330 g/mol. The lowest BCUT2D eigenvalue weighted by Gasteiger charge is -2.07. The molecule has 8 nitrogen and oxygen atoms in total. The molecule has 0 radical (unpaired) electrons. The van der Waals surface area contributed by atoms with Crippen LogP contribution in [0.3, 0.4) is 0 Å². The van der Waals surface area contributed by atoms with E-state index in [2.05, 4.69) is 20.3 Å². The summed E-state index contributed by atoms with van der Waals surface area (Å²) in [5.74, 6) is -0.456. The fourth-order valence-corrected chi connectivity index (χ4v) is 1.83. The number of carbonyl (C=O) groups is 4. The van der Waals surface area contributed by atoms with Crippen LogP contribution in [0, 0.1) is 0 Å². The van der Waals surface area contributed by atoms with Crippen molar-refractivity contribution >= 4 is 24.8 Å². The Morgan fingerprint density at radius 3 is 1.48 bits per heavy atom. The van der Waals surface area contributed by atoms with Crippen LogP contribution < -0.4 is 10.9 Å². The van der Waals surface area contributed by atoms with Crippen molar-refractivity contribution in [2.24, 2.45) is 0 Å². The number of carbonyl (C=O) groups excluding carboxylic acids is 4. The van der Waals surface area contributed by atoms with Gasteiger partial charge in [-0.3, -0.25) is 30.0 Å². The standard InChI is InChI=1S/C15H26N2O6/c18-12-22-10-6-2-1-4-8-14(20)16-17-15(21)9-5-3-7-11-23-13-19/h12-13H,1-11H2,(H,16,20)(H,17,21). The third-order valence-corrected chi connectivity index (χ3v) is 3.06. The number of hydrogen-bond acceptors (Lipinski definition) is 6. The van der Waals surface area contributed by atoms with Crippen LogP contribution in [0.1, 0.15) is 57.8 Å². The van der Waals surface area contributed by atoms with E-state index in [1.54, 1.807) is 0 Å². The number of ether oxygens (including phenoxy) is 2. The molecule has 0 saturated heterocycles. The molecule has 0 aromatic carbocycles. The first-order valence-corrected chi connectivity index (χ1v) is 7.89. The zero-order valence-electron chi connectivity index (χ0n) is 13.4. The highest BCUT2D eigenvalue weighted by atomic mass is 16.5. The Bertz CT molecular complexity index is 349. The van der Waals surface area contributed by atoms with Crippen LogP contribution in [0.5, 0.6) is 0 Å². The summed E-state index contributed by atoms with van der Waals surface area (Å²) in [5.41, 5.74) is 4.74. The van der Waals surface area contributed by atoms with Crippen molar-refractivity contribution in [3.63, 3.8) is 0 Å². The highest BCUT2D eigenvalue weighted by molar-refractivity contribution is 5.81. The van der Waals surface area contributed by atoms with E-state index in [-0.39, 0.29) is 11.8 Å². The highest BCUT2D eigenvalue weighted by Crippen LogP contribution is 2.03. The van der Waals surface area contributed by atoms with E-state index >= 15 is 0 Å². The molecule has 0 aliphatic rings. The molecule has 0 aromatic rings. The lowest BCUT2D eigenvalue weighted by molar-refractivity contribution is -0.129. The molecule has 0 bridgehead atoms. The van der Waals surface area contributed by atoms with Gasteiger partial charge in [0.2, 0.25) is 11.8 Å². The first-order valence-electron chi connectivity index (χ1n) is 7.89. The molecule has 0 heterocycles. The zero-order valence-corrected chi connectivity index (χ0v) is 13.4. The number of hydrazine groups is 1. The maximum atomic E-state index is 11.5. The topological polar surface area (TPSA) is 111 Å². The van der Waals surface area contributed by atoms with Crippen LogP contribution in [-0.2, 0) is 28.7 Å². The molecule has 0 aliphatic carbocycles. The van der Waals surface area contributed by atoms with Crippen molar-refractivity contribution < 1.29 is 28.7 Å². The molecule has 132 valence electrons. The van der Waals surface area contributed by atoms with Gasteiger partial charge in [-0.05, 0) is 32.1 Å². The molecule has 0 aromatic heterocycles. The van der Waals surface area contributed by atoms with Crippen LogP contribution in [0.15, 0.2) is 0 Å². The van der Waals surface area contributed by atoms with E-state index < -0.39 is 0 Å². The number of unbranched alkanes of at least 4 members (excludes halogenated alkanes) is 5. The van der Waals surface area contributed by atoms with Gasteiger partial charge in [0.25, 0.3) is 12.9 Å². The summed E-state index contributed by atoms with van der Waals surface area (Å²) in [4.78, 5) is 42.8. The summed E-state index contributed by atoms with van der Waals surface area (Å²) in [7, 11) is 0. The molecule has 0 aliphatic heterocycles. The minimum absolute atomic E-state index is 0.220. The largest absolute Gasteiger partial charge is 0.468 e. The monoisotopic (exact) mass is 330 g/mol. The molecular formula is C15H26N2O6. The van der Waals surface area contributed by atoms with Gasteiger partial charge in [0.1, 0.15) is 0 Å². The van der Waals surface area contributed by atoms with Crippen molar-refractivity contribution in [3.05, 3.63) is 0 Å². The van der Waals surface area contributed by atoms with Crippen molar-refractivity contribution in [3.8, 4) is 0 Å². The molecule has 0 rings (SSSR count). The van der Waals surface area contributed by atoms with Gasteiger partial charge < -0.3 is 9.47 Å². The second kappa shape index (κ2) is 16.3. The number of hydrogen-bond donors (Lipinski definition) is 2. The maximum absolute atomic E-state index is 11.5. The minimum atomic E-state index is -0.235. The second-order valence-electron chi connectivity index (χ2n) is 5.01. The van der Waals surface area contributed by atoms with Crippen LogP contribution in [0.2, 0.25) is 0 Å². The average Bonchev–Trinajstić information content (AvgIpc) is 2.55. The molecule has 0 unspecified atom stereocenters. The zero-order chi connectivity index (χ0) is 17.2. The van der Waals surface area contributed by atoms with Gasteiger partial charge in [0, 0.05) is 12.8 Å². The van der Waals surface area contributed by atoms with Gasteiger partial charge in [-0.1, -0.05) is 12.8 Å². The van der Waals surface area contributed by atoms with Gasteiger partial charge >= 0.3 is 0 Å². The minimum Gasteiger partial charge on any atom is -0.468 e. The Kier molecular flexibility index (Phi) is 14.8. The van der Waals surface area contributed by atoms with E-state index in [1.165, 1.54) is 0 Å². The van der Waals surface area contributed by atoms with Crippen molar-refractivity contribution in [2.45, 2.75) is 57.8 Å². The molecule has 0 atom stereocenters. The predicted molar refractivity (Wildman–Crippen MR) is 81.9 cm³/mol. The Labute approximate surface area is 136 Å². The fourth-order valence-electron chi connectivity index (χ4n) is 1.83. The fraction of sp³-hybridized carbons (Fsp3) is 0.733. The summed E-state index contributed by atoms with van der Waals surface area (Å²) in [5, 5.41) is 0. The van der Waals surface area contributed by atoms with Gasteiger partial charge in [-0.15, -0.1) is 0 Å². The SMILES string of the molecule is O=COCCCCCCC(=O)NNC(=O)CCCCCOC=O. The quantitative estimate of drug-likeness (QED) is 0.263. The van der Waals surface area contributed by atoms with E-state index in [0.717, 1.165) is 38.5 Å². The number of rotatable bonds is 15. The van der Waals surface area contributed by atoms with E-state index in [9.17, 15) is 19.2 Å². The Balaban J connectivity index is 3.38. The molecule has 2 amide bonds. The van der Waals surface area contributed by atoms with Gasteiger partial charge in [-0.2, -0.15) is 0 Å². The van der Waals surface area contributed by atoms with Gasteiger partial charge in [-0.25, -0.2) is 0 Å². The Morgan fingerprint density at radius 1 is 0.652 bits per heavy atom. The van der Waals surface area contributed by atoms with Crippen LogP contribution >= 0.6 is 0 Å². The molecular weight excluding hydrogens is 304 g/mol. The lowest BCUT2D eigenvalue weighted by atomic mass is 10.1. The summed E-state index contributed by atoms with van der Waals surface area (Å²) in [6.45, 7) is 1.60. The Hall–Kier alpha value is -2.12. The molecule has 0 fully saturated rings. The van der Waals surface area contributed by atoms with Crippen LogP contribution in [-0.4, -0.2) is 38.0 Å². The van der Waals surface area contributed by atoms with Gasteiger partial charge in [0.15, 0.2) is 0 Å². The number of nitrogens with one attached hydrogen (secondary N) is 2. The first kappa shape index (κ1) is 20.9. The molecule has 8 heteroatoms. The second-order valence-corrected chi connectivity index (χ2v) is 5.01. The van der Waals surface area contributed by atoms with Gasteiger partial charge in [0.05, 0.1) is 13.2 Å². The third-order valence-electron chi connectivity index (χ3n) is 3.06. The molecule has 0 saturated carbocycles. The van der Waals surface area contributed by atoms with E-state index in [4.69, 9.17) is 0 Å². The summed E-state index contributed by atoms with van der Waals surface area (Å²) in [6.07, 6.45) is 6.10. The summed E-state index contributed by atoms with van der Waals surface area (Å²) >= 11 is 0. The Morgan fingerprint density at radius 2 is 1.04 bits per heavy atom. The van der Waals surface area contributed by atoms with Crippen LogP contribution in [0.25, 0.3) is 0 Å². The molecule has 0 spiro atoms. The number of amides is 2. The lowest BCUT2D eigenvalue weighted by Crippen LogP contribution is -2.41. The van der Waals surface area contributed by atoms with E-state index in [0.29, 0.717) is 45.4 Å². The summed E-state index contributed by atoms with van der Waals surface area (Å²) in [6, 6.07) is 0. The maximum Gasteiger partial charge on any atom is 0.293 e. The normalized spacial score (nSPS) is 9.74. The first-order chi connectivity index (χ1) is 11.2. The van der Waals surface area contributed by atoms with Crippen LogP contribution in [0.4, 0.5) is 0 Å². The van der Waals surface area contributed by atoms with E-state index in [1.807, 2.05) is 0 Å². The third kappa shape index (κ3) is 16.1. The molecule has 2 N–H and O–H groups in total. The summed E-state index contributed by atoms with van der Waals surface area (Å²) < 4.78 is 9.09. The van der Waals surface area contributed by atoms with Crippen molar-refractivity contribution in [2.75, 3.05) is 13.2 Å². The highest BCUT2D eigenvalue weighted by Gasteiger charge is 2.04. The van der Waals surface area contributed by atoms with Crippen molar-refractivity contribution in [1.82, 2.24) is 10.9 Å². The molecule has 23 heavy (non-hydrogen) atoms. The smallest absolute Gasteiger partial charge is 0.293 e.